The van der Waals surface area contributed by atoms with Crippen LogP contribution in [0.15, 0.2) is 60.9 Å². The van der Waals surface area contributed by atoms with Gasteiger partial charge in [0.2, 0.25) is 5.91 Å². The number of anilines is 3. The molecule has 7 heteroatoms. The van der Waals surface area contributed by atoms with Crippen molar-refractivity contribution < 1.29 is 9.53 Å². The summed E-state index contributed by atoms with van der Waals surface area (Å²) < 4.78 is 6.36. The highest BCUT2D eigenvalue weighted by Gasteiger charge is 2.10. The molecule has 0 aliphatic rings. The number of methoxy groups -OCH3 is 1. The fourth-order valence-electron chi connectivity index (χ4n) is 3.12. The van der Waals surface area contributed by atoms with Crippen LogP contribution in [0.5, 0.6) is 5.75 Å². The number of nitrogens with zero attached hydrogens (tertiary/aromatic N) is 3. The van der Waals surface area contributed by atoms with Gasteiger partial charge >= 0.3 is 0 Å². The first kappa shape index (κ1) is 19.8. The maximum atomic E-state index is 11.8. The number of rotatable bonds is 6. The van der Waals surface area contributed by atoms with Crippen molar-refractivity contribution in [3.8, 4) is 16.9 Å². The van der Waals surface area contributed by atoms with Crippen LogP contribution in [0.3, 0.4) is 0 Å². The second-order valence-electron chi connectivity index (χ2n) is 6.79. The normalized spacial score (nSPS) is 10.8. The first-order chi connectivity index (χ1) is 14.6. The molecular weight excluding hydrogens is 396 g/mol. The standard InChI is InChI=1S/C23H22N4O2S/c1-4-22(28)27(2)18-8-6-17(7-9-18)25-23-26-20-10-5-15(12-21(20)30-23)16-11-19(29-3)14-24-13-16/h5-14H,4H2,1-3H3,(H,25,26). The zero-order chi connectivity index (χ0) is 21.1. The van der Waals surface area contributed by atoms with Crippen LogP contribution in [0.2, 0.25) is 0 Å². The van der Waals surface area contributed by atoms with E-state index in [0.29, 0.717) is 6.42 Å². The topological polar surface area (TPSA) is 67.4 Å². The molecule has 0 spiro atoms. The van der Waals surface area contributed by atoms with E-state index in [0.717, 1.165) is 43.6 Å². The number of hydrogen-bond donors (Lipinski definition) is 1. The molecule has 4 aromatic rings. The molecule has 2 aromatic heterocycles. The molecular formula is C23H22N4O2S. The fourth-order valence-corrected chi connectivity index (χ4v) is 4.04. The van der Waals surface area contributed by atoms with E-state index in [9.17, 15) is 4.79 Å². The lowest BCUT2D eigenvalue weighted by Gasteiger charge is -2.16. The second kappa shape index (κ2) is 8.51. The molecule has 0 atom stereocenters. The highest BCUT2D eigenvalue weighted by molar-refractivity contribution is 7.22. The molecule has 1 N–H and O–H groups in total. The van der Waals surface area contributed by atoms with Crippen LogP contribution in [0.25, 0.3) is 21.3 Å². The van der Waals surface area contributed by atoms with Gasteiger partial charge in [-0.2, -0.15) is 0 Å². The van der Waals surface area contributed by atoms with Gasteiger partial charge in [-0.1, -0.05) is 24.3 Å². The smallest absolute Gasteiger partial charge is 0.226 e. The Hall–Kier alpha value is -3.45. The highest BCUT2D eigenvalue weighted by atomic mass is 32.1. The number of benzene rings is 2. The van der Waals surface area contributed by atoms with Crippen molar-refractivity contribution in [2.24, 2.45) is 0 Å². The monoisotopic (exact) mass is 418 g/mol. The van der Waals surface area contributed by atoms with E-state index in [1.807, 2.05) is 55.6 Å². The van der Waals surface area contributed by atoms with Crippen molar-refractivity contribution in [1.82, 2.24) is 9.97 Å². The van der Waals surface area contributed by atoms with Gasteiger partial charge < -0.3 is 15.0 Å². The lowest BCUT2D eigenvalue weighted by atomic mass is 10.1. The van der Waals surface area contributed by atoms with Gasteiger partial charge in [-0.25, -0.2) is 4.98 Å². The average molecular weight is 419 g/mol. The van der Waals surface area contributed by atoms with Crippen molar-refractivity contribution in [2.75, 3.05) is 24.4 Å². The molecule has 0 unspecified atom stereocenters. The van der Waals surface area contributed by atoms with E-state index in [2.05, 4.69) is 21.4 Å². The molecule has 0 fully saturated rings. The van der Waals surface area contributed by atoms with Gasteiger partial charge in [0.05, 0.1) is 23.5 Å². The fraction of sp³-hybridized carbons (Fsp3) is 0.174. The summed E-state index contributed by atoms with van der Waals surface area (Å²) in [5.41, 5.74) is 4.80. The van der Waals surface area contributed by atoms with E-state index in [1.165, 1.54) is 0 Å². The molecule has 2 aromatic carbocycles. The predicted octanol–water partition coefficient (Wildman–Crippen LogP) is 5.48. The number of hydrogen-bond acceptors (Lipinski definition) is 6. The lowest BCUT2D eigenvalue weighted by molar-refractivity contribution is -0.118. The summed E-state index contributed by atoms with van der Waals surface area (Å²) in [6.07, 6.45) is 4.00. The molecule has 0 radical (unpaired) electrons. The maximum Gasteiger partial charge on any atom is 0.226 e. The third kappa shape index (κ3) is 4.11. The molecule has 0 saturated heterocycles. The number of thiazole rings is 1. The Bertz CT molecular complexity index is 1190. The summed E-state index contributed by atoms with van der Waals surface area (Å²) in [5.74, 6) is 0.818. The van der Waals surface area contributed by atoms with Crippen molar-refractivity contribution in [3.63, 3.8) is 0 Å². The summed E-state index contributed by atoms with van der Waals surface area (Å²) in [6, 6.07) is 15.9. The molecule has 6 nitrogen and oxygen atoms in total. The van der Waals surface area contributed by atoms with Gasteiger partial charge in [0.25, 0.3) is 0 Å². The Morgan fingerprint density at radius 2 is 1.90 bits per heavy atom. The van der Waals surface area contributed by atoms with E-state index in [-0.39, 0.29) is 5.91 Å². The number of carbonyl (C=O) groups is 1. The molecule has 152 valence electrons. The number of amides is 1. The van der Waals surface area contributed by atoms with E-state index >= 15 is 0 Å². The van der Waals surface area contributed by atoms with Gasteiger partial charge in [0, 0.05) is 36.6 Å². The zero-order valence-corrected chi connectivity index (χ0v) is 17.9. The molecule has 1 amide bonds. The Labute approximate surface area is 179 Å². The maximum absolute atomic E-state index is 11.8. The molecule has 2 heterocycles. The van der Waals surface area contributed by atoms with Crippen molar-refractivity contribution >= 4 is 44.0 Å². The zero-order valence-electron chi connectivity index (χ0n) is 17.0. The Morgan fingerprint density at radius 1 is 1.10 bits per heavy atom. The molecule has 0 bridgehead atoms. The number of nitrogens with one attached hydrogen (secondary N) is 1. The lowest BCUT2D eigenvalue weighted by Crippen LogP contribution is -2.24. The van der Waals surface area contributed by atoms with Gasteiger partial charge in [0.15, 0.2) is 5.13 Å². The largest absolute Gasteiger partial charge is 0.495 e. The van der Waals surface area contributed by atoms with E-state index < -0.39 is 0 Å². The van der Waals surface area contributed by atoms with Crippen molar-refractivity contribution in [2.45, 2.75) is 13.3 Å². The predicted molar refractivity (Wildman–Crippen MR) is 123 cm³/mol. The number of pyridine rings is 1. The van der Waals surface area contributed by atoms with E-state index in [1.54, 1.807) is 36.6 Å². The Morgan fingerprint density at radius 3 is 2.63 bits per heavy atom. The van der Waals surface area contributed by atoms with Crippen LogP contribution in [0.1, 0.15) is 13.3 Å². The van der Waals surface area contributed by atoms with Crippen molar-refractivity contribution in [3.05, 3.63) is 60.9 Å². The number of aromatic nitrogens is 2. The summed E-state index contributed by atoms with van der Waals surface area (Å²) in [6.45, 7) is 1.86. The van der Waals surface area contributed by atoms with Gasteiger partial charge in [-0.3, -0.25) is 9.78 Å². The first-order valence-corrected chi connectivity index (χ1v) is 10.4. The molecule has 0 aliphatic heterocycles. The summed E-state index contributed by atoms with van der Waals surface area (Å²) in [7, 11) is 3.43. The van der Waals surface area contributed by atoms with Crippen LogP contribution >= 0.6 is 11.3 Å². The minimum atomic E-state index is 0.0870. The average Bonchev–Trinajstić information content (AvgIpc) is 3.20. The number of carbonyl (C=O) groups excluding carboxylic acids is 1. The third-order valence-electron chi connectivity index (χ3n) is 4.85. The van der Waals surface area contributed by atoms with Crippen molar-refractivity contribution in [1.29, 1.82) is 0 Å². The molecule has 4 rings (SSSR count). The van der Waals surface area contributed by atoms with Gasteiger partial charge in [0.1, 0.15) is 5.75 Å². The van der Waals surface area contributed by atoms with Crippen LogP contribution in [0, 0.1) is 0 Å². The quantitative estimate of drug-likeness (QED) is 0.449. The summed E-state index contributed by atoms with van der Waals surface area (Å²) >= 11 is 1.59. The van der Waals surface area contributed by atoms with Crippen LogP contribution in [0.4, 0.5) is 16.5 Å². The van der Waals surface area contributed by atoms with E-state index in [4.69, 9.17) is 4.74 Å². The minimum absolute atomic E-state index is 0.0870. The van der Waals surface area contributed by atoms with Crippen LogP contribution in [-0.4, -0.2) is 30.0 Å². The first-order valence-electron chi connectivity index (χ1n) is 9.61. The Kier molecular flexibility index (Phi) is 5.63. The summed E-state index contributed by atoms with van der Waals surface area (Å²) in [4.78, 5) is 22.4. The minimum Gasteiger partial charge on any atom is -0.495 e. The van der Waals surface area contributed by atoms with Gasteiger partial charge in [-0.15, -0.1) is 0 Å². The SMILES string of the molecule is CCC(=O)N(C)c1ccc(Nc2nc3ccc(-c4cncc(OC)c4)cc3s2)cc1. The van der Waals surface area contributed by atoms with Gasteiger partial charge in [-0.05, 0) is 48.0 Å². The summed E-state index contributed by atoms with van der Waals surface area (Å²) in [5, 5.41) is 4.17. The number of ether oxygens (including phenoxy) is 1. The Balaban J connectivity index is 1.54. The second-order valence-corrected chi connectivity index (χ2v) is 7.82. The van der Waals surface area contributed by atoms with Crippen LogP contribution < -0.4 is 15.0 Å². The molecule has 0 aliphatic carbocycles. The molecule has 0 saturated carbocycles. The van der Waals surface area contributed by atoms with Crippen LogP contribution in [-0.2, 0) is 4.79 Å². The number of fused-ring (bicyclic) bond motifs is 1. The third-order valence-corrected chi connectivity index (χ3v) is 5.79. The highest BCUT2D eigenvalue weighted by Crippen LogP contribution is 2.33. The molecule has 30 heavy (non-hydrogen) atoms.